The lowest BCUT2D eigenvalue weighted by Gasteiger charge is -2.30. The Kier molecular flexibility index (Phi) is 5.56. The maximum Gasteiger partial charge on any atom is 0.233 e. The standard InChI is InChI=1S/C18H24N4OS/c1-13-8-6-7-11-16(13)20-17(23)14(2)24-18-21-19-12-22(18)15-9-4-3-5-10-15/h3-5,9-10,12-14,16H,6-8,11H2,1-2H3,(H,20,23)/t13-,14+,16-/m1/s1. The van der Waals surface area contributed by atoms with Crippen molar-refractivity contribution in [3.63, 3.8) is 0 Å². The molecule has 0 radical (unpaired) electrons. The first-order chi connectivity index (χ1) is 11.6. The smallest absolute Gasteiger partial charge is 0.233 e. The van der Waals surface area contributed by atoms with Gasteiger partial charge in [0.25, 0.3) is 0 Å². The number of carbonyl (C=O) groups excluding carboxylic acids is 1. The van der Waals surface area contributed by atoms with Gasteiger partial charge in [-0.05, 0) is 37.8 Å². The van der Waals surface area contributed by atoms with Crippen molar-refractivity contribution in [1.29, 1.82) is 0 Å². The summed E-state index contributed by atoms with van der Waals surface area (Å²) < 4.78 is 1.91. The maximum atomic E-state index is 12.5. The highest BCUT2D eigenvalue weighted by molar-refractivity contribution is 8.00. The van der Waals surface area contributed by atoms with Crippen LogP contribution < -0.4 is 5.32 Å². The van der Waals surface area contributed by atoms with Crippen LogP contribution in [0.5, 0.6) is 0 Å². The van der Waals surface area contributed by atoms with Crippen LogP contribution in [0.4, 0.5) is 0 Å². The van der Waals surface area contributed by atoms with Gasteiger partial charge in [0.2, 0.25) is 5.91 Å². The van der Waals surface area contributed by atoms with E-state index in [-0.39, 0.29) is 11.2 Å². The second-order valence-corrected chi connectivity index (χ2v) is 7.76. The first-order valence-electron chi connectivity index (χ1n) is 8.57. The third-order valence-corrected chi connectivity index (χ3v) is 5.70. The predicted molar refractivity (Wildman–Crippen MR) is 96.2 cm³/mol. The number of thioether (sulfide) groups is 1. The molecule has 24 heavy (non-hydrogen) atoms. The molecule has 1 saturated carbocycles. The normalized spacial score (nSPS) is 22.1. The summed E-state index contributed by atoms with van der Waals surface area (Å²) in [5.74, 6) is 0.647. The predicted octanol–water partition coefficient (Wildman–Crippen LogP) is 3.44. The molecule has 1 heterocycles. The summed E-state index contributed by atoms with van der Waals surface area (Å²) >= 11 is 1.45. The molecular formula is C18H24N4OS. The lowest BCUT2D eigenvalue weighted by molar-refractivity contribution is -0.121. The summed E-state index contributed by atoms with van der Waals surface area (Å²) in [6.07, 6.45) is 6.46. The van der Waals surface area contributed by atoms with Gasteiger partial charge in [0.15, 0.2) is 5.16 Å². The van der Waals surface area contributed by atoms with E-state index in [1.54, 1.807) is 6.33 Å². The Morgan fingerprint density at radius 2 is 2.04 bits per heavy atom. The van der Waals surface area contributed by atoms with Crippen LogP contribution in [0.1, 0.15) is 39.5 Å². The van der Waals surface area contributed by atoms with E-state index in [1.165, 1.54) is 31.0 Å². The lowest BCUT2D eigenvalue weighted by Crippen LogP contribution is -2.44. The third-order valence-electron chi connectivity index (χ3n) is 4.64. The Morgan fingerprint density at radius 1 is 1.29 bits per heavy atom. The number of para-hydroxylation sites is 1. The summed E-state index contributed by atoms with van der Waals surface area (Å²) in [4.78, 5) is 12.5. The van der Waals surface area contributed by atoms with E-state index in [4.69, 9.17) is 0 Å². The molecule has 128 valence electrons. The van der Waals surface area contributed by atoms with Crippen molar-refractivity contribution in [1.82, 2.24) is 20.1 Å². The fourth-order valence-corrected chi connectivity index (χ4v) is 3.96. The minimum atomic E-state index is -0.203. The van der Waals surface area contributed by atoms with Crippen molar-refractivity contribution in [3.05, 3.63) is 36.7 Å². The Morgan fingerprint density at radius 3 is 2.79 bits per heavy atom. The number of aromatic nitrogens is 3. The molecule has 0 spiro atoms. The average Bonchev–Trinajstić information content (AvgIpc) is 3.05. The maximum absolute atomic E-state index is 12.5. The molecule has 1 aliphatic carbocycles. The number of nitrogens with one attached hydrogen (secondary N) is 1. The molecule has 1 N–H and O–H groups in total. The van der Waals surface area contributed by atoms with E-state index >= 15 is 0 Å². The number of nitrogens with zero attached hydrogens (tertiary/aromatic N) is 3. The minimum absolute atomic E-state index is 0.0846. The summed E-state index contributed by atoms with van der Waals surface area (Å²) in [6.45, 7) is 4.16. The molecule has 5 nitrogen and oxygen atoms in total. The van der Waals surface area contributed by atoms with Crippen LogP contribution >= 0.6 is 11.8 Å². The summed E-state index contributed by atoms with van der Waals surface area (Å²) in [6, 6.07) is 10.2. The van der Waals surface area contributed by atoms with Gasteiger partial charge in [-0.15, -0.1) is 10.2 Å². The van der Waals surface area contributed by atoms with Gasteiger partial charge < -0.3 is 5.32 Å². The summed E-state index contributed by atoms with van der Waals surface area (Å²) in [5, 5.41) is 11.9. The van der Waals surface area contributed by atoms with Crippen LogP contribution in [0, 0.1) is 5.92 Å². The molecule has 1 aliphatic rings. The molecule has 0 unspecified atom stereocenters. The Labute approximate surface area is 147 Å². The second-order valence-electron chi connectivity index (χ2n) is 6.46. The quantitative estimate of drug-likeness (QED) is 0.844. The highest BCUT2D eigenvalue weighted by Gasteiger charge is 2.26. The zero-order chi connectivity index (χ0) is 16.9. The van der Waals surface area contributed by atoms with E-state index in [9.17, 15) is 4.79 Å². The van der Waals surface area contributed by atoms with Crippen LogP contribution in [0.25, 0.3) is 5.69 Å². The lowest BCUT2D eigenvalue weighted by atomic mass is 9.86. The average molecular weight is 344 g/mol. The number of carbonyl (C=O) groups is 1. The van der Waals surface area contributed by atoms with Gasteiger partial charge in [-0.3, -0.25) is 9.36 Å². The minimum Gasteiger partial charge on any atom is -0.352 e. The van der Waals surface area contributed by atoms with Crippen LogP contribution in [-0.2, 0) is 4.79 Å². The number of amides is 1. The third kappa shape index (κ3) is 3.98. The number of hydrogen-bond donors (Lipinski definition) is 1. The molecule has 0 aliphatic heterocycles. The Balaban J connectivity index is 1.64. The van der Waals surface area contributed by atoms with E-state index in [0.717, 1.165) is 17.3 Å². The first kappa shape index (κ1) is 17.0. The van der Waals surface area contributed by atoms with Gasteiger partial charge in [-0.2, -0.15) is 0 Å². The molecular weight excluding hydrogens is 320 g/mol. The number of benzene rings is 1. The highest BCUT2D eigenvalue weighted by Crippen LogP contribution is 2.26. The van der Waals surface area contributed by atoms with Gasteiger partial charge in [0.1, 0.15) is 6.33 Å². The van der Waals surface area contributed by atoms with Crippen LogP contribution in [0.2, 0.25) is 0 Å². The molecule has 3 rings (SSSR count). The van der Waals surface area contributed by atoms with Gasteiger partial charge in [0, 0.05) is 11.7 Å². The molecule has 3 atom stereocenters. The van der Waals surface area contributed by atoms with Crippen LogP contribution in [0.3, 0.4) is 0 Å². The second kappa shape index (κ2) is 7.83. The van der Waals surface area contributed by atoms with Crippen molar-refractivity contribution in [2.45, 2.75) is 56.0 Å². The monoisotopic (exact) mass is 344 g/mol. The van der Waals surface area contributed by atoms with Gasteiger partial charge in [0.05, 0.1) is 5.25 Å². The molecule has 2 aromatic rings. The van der Waals surface area contributed by atoms with Crippen molar-refractivity contribution in [2.24, 2.45) is 5.92 Å². The Bertz CT molecular complexity index is 673. The van der Waals surface area contributed by atoms with E-state index in [1.807, 2.05) is 41.8 Å². The van der Waals surface area contributed by atoms with E-state index in [0.29, 0.717) is 12.0 Å². The van der Waals surface area contributed by atoms with Gasteiger partial charge in [-0.1, -0.05) is 49.7 Å². The van der Waals surface area contributed by atoms with Gasteiger partial charge in [-0.25, -0.2) is 0 Å². The largest absolute Gasteiger partial charge is 0.352 e. The fourth-order valence-electron chi connectivity index (χ4n) is 3.11. The SMILES string of the molecule is C[C@H](Sc1nncn1-c1ccccc1)C(=O)N[C@@H]1CCCC[C@H]1C. The van der Waals surface area contributed by atoms with E-state index < -0.39 is 0 Å². The molecule has 0 bridgehead atoms. The zero-order valence-electron chi connectivity index (χ0n) is 14.2. The first-order valence-corrected chi connectivity index (χ1v) is 9.45. The van der Waals surface area contributed by atoms with Crippen LogP contribution in [0.15, 0.2) is 41.8 Å². The number of rotatable bonds is 5. The molecule has 1 aromatic heterocycles. The molecule has 1 amide bonds. The highest BCUT2D eigenvalue weighted by atomic mass is 32.2. The van der Waals surface area contributed by atoms with Crippen molar-refractivity contribution in [3.8, 4) is 5.69 Å². The van der Waals surface area contributed by atoms with E-state index in [2.05, 4.69) is 22.4 Å². The van der Waals surface area contributed by atoms with Crippen LogP contribution in [-0.4, -0.2) is 32.0 Å². The fraction of sp³-hybridized carbons (Fsp3) is 0.500. The molecule has 1 fully saturated rings. The molecule has 0 saturated heterocycles. The van der Waals surface area contributed by atoms with Crippen molar-refractivity contribution < 1.29 is 4.79 Å². The topological polar surface area (TPSA) is 59.8 Å². The number of hydrogen-bond acceptors (Lipinski definition) is 4. The molecule has 1 aromatic carbocycles. The van der Waals surface area contributed by atoms with Crippen molar-refractivity contribution >= 4 is 17.7 Å². The molecule has 6 heteroatoms. The van der Waals surface area contributed by atoms with Crippen molar-refractivity contribution in [2.75, 3.05) is 0 Å². The summed E-state index contributed by atoms with van der Waals surface area (Å²) in [5.41, 5.74) is 0.999. The summed E-state index contributed by atoms with van der Waals surface area (Å²) in [7, 11) is 0. The zero-order valence-corrected chi connectivity index (χ0v) is 15.0. The Hall–Kier alpha value is -1.82. The van der Waals surface area contributed by atoms with Gasteiger partial charge >= 0.3 is 0 Å².